The Bertz CT molecular complexity index is 618. The minimum absolute atomic E-state index is 0.601. The molecule has 1 fully saturated rings. The van der Waals surface area contributed by atoms with Crippen molar-refractivity contribution in [1.29, 1.82) is 0 Å². The van der Waals surface area contributed by atoms with E-state index in [1.165, 1.54) is 38.9 Å². The SMILES string of the molecule is CN=C(NCCCCN1CCC(C)CC1)NCc1cc(OC)c(OC)c(OC)c1. The van der Waals surface area contributed by atoms with Gasteiger partial charge in [-0.3, -0.25) is 4.99 Å². The Balaban J connectivity index is 1.73. The fourth-order valence-corrected chi connectivity index (χ4v) is 3.60. The zero-order valence-corrected chi connectivity index (χ0v) is 18.7. The summed E-state index contributed by atoms with van der Waals surface area (Å²) in [5, 5.41) is 6.74. The molecule has 0 bridgehead atoms. The van der Waals surface area contributed by atoms with Crippen molar-refractivity contribution < 1.29 is 14.2 Å². The van der Waals surface area contributed by atoms with Crippen LogP contribution in [0.2, 0.25) is 0 Å². The van der Waals surface area contributed by atoms with Gasteiger partial charge in [0.1, 0.15) is 0 Å². The van der Waals surface area contributed by atoms with Crippen LogP contribution in [0, 0.1) is 5.92 Å². The molecule has 1 aliphatic rings. The Labute approximate surface area is 175 Å². The van der Waals surface area contributed by atoms with Crippen molar-refractivity contribution >= 4 is 5.96 Å². The molecule has 0 spiro atoms. The molecule has 0 amide bonds. The highest BCUT2D eigenvalue weighted by Crippen LogP contribution is 2.38. The summed E-state index contributed by atoms with van der Waals surface area (Å²) < 4.78 is 16.2. The van der Waals surface area contributed by atoms with Crippen molar-refractivity contribution in [3.8, 4) is 17.2 Å². The molecule has 1 heterocycles. The smallest absolute Gasteiger partial charge is 0.203 e. The van der Waals surface area contributed by atoms with E-state index in [1.54, 1.807) is 28.4 Å². The van der Waals surface area contributed by atoms with Crippen molar-refractivity contribution in [1.82, 2.24) is 15.5 Å². The molecular formula is C22H38N4O3. The number of hydrogen-bond donors (Lipinski definition) is 2. The average molecular weight is 407 g/mol. The average Bonchev–Trinajstić information content (AvgIpc) is 2.75. The van der Waals surface area contributed by atoms with Gasteiger partial charge in [-0.2, -0.15) is 0 Å². The van der Waals surface area contributed by atoms with E-state index in [1.807, 2.05) is 12.1 Å². The molecule has 0 aliphatic carbocycles. The summed E-state index contributed by atoms with van der Waals surface area (Å²) in [6.07, 6.45) is 5.04. The lowest BCUT2D eigenvalue weighted by Gasteiger charge is -2.30. The molecule has 1 aromatic rings. The molecule has 29 heavy (non-hydrogen) atoms. The third kappa shape index (κ3) is 7.31. The molecule has 2 N–H and O–H groups in total. The Morgan fingerprint density at radius 3 is 2.24 bits per heavy atom. The highest BCUT2D eigenvalue weighted by molar-refractivity contribution is 5.79. The number of ether oxygens (including phenoxy) is 3. The number of benzene rings is 1. The van der Waals surface area contributed by atoms with E-state index < -0.39 is 0 Å². The molecule has 0 aromatic heterocycles. The Kier molecular flexibility index (Phi) is 9.91. The minimum atomic E-state index is 0.601. The molecule has 7 heteroatoms. The standard InChI is InChI=1S/C22H38N4O3/c1-17-8-12-26(13-9-17)11-7-6-10-24-22(23-2)25-16-18-14-19(27-3)21(29-5)20(15-18)28-4/h14-15,17H,6-13,16H2,1-5H3,(H2,23,24,25). The predicted molar refractivity (Wildman–Crippen MR) is 118 cm³/mol. The van der Waals surface area contributed by atoms with Crippen LogP contribution in [0.5, 0.6) is 17.2 Å². The van der Waals surface area contributed by atoms with Gasteiger partial charge in [0.15, 0.2) is 17.5 Å². The zero-order chi connectivity index (χ0) is 21.1. The largest absolute Gasteiger partial charge is 0.493 e. The summed E-state index contributed by atoms with van der Waals surface area (Å²) in [6, 6.07) is 3.89. The number of likely N-dealkylation sites (tertiary alicyclic amines) is 1. The normalized spacial score (nSPS) is 15.8. The number of aliphatic imine (C=N–C) groups is 1. The Morgan fingerprint density at radius 2 is 1.69 bits per heavy atom. The quantitative estimate of drug-likeness (QED) is 0.354. The van der Waals surface area contributed by atoms with Crippen LogP contribution in [-0.2, 0) is 6.54 Å². The third-order valence-corrected chi connectivity index (χ3v) is 5.48. The first-order valence-electron chi connectivity index (χ1n) is 10.6. The minimum Gasteiger partial charge on any atom is -0.493 e. The number of guanidine groups is 1. The van der Waals surface area contributed by atoms with Crippen molar-refractivity contribution in [2.75, 3.05) is 54.6 Å². The highest BCUT2D eigenvalue weighted by Gasteiger charge is 2.15. The van der Waals surface area contributed by atoms with Gasteiger partial charge in [0.2, 0.25) is 5.75 Å². The van der Waals surface area contributed by atoms with Gasteiger partial charge in [-0.25, -0.2) is 0 Å². The van der Waals surface area contributed by atoms with Gasteiger partial charge in [-0.15, -0.1) is 0 Å². The molecule has 0 unspecified atom stereocenters. The molecule has 7 nitrogen and oxygen atoms in total. The lowest BCUT2D eigenvalue weighted by Crippen LogP contribution is -2.38. The molecule has 164 valence electrons. The van der Waals surface area contributed by atoms with E-state index in [4.69, 9.17) is 14.2 Å². The zero-order valence-electron chi connectivity index (χ0n) is 18.7. The lowest BCUT2D eigenvalue weighted by atomic mass is 9.99. The van der Waals surface area contributed by atoms with E-state index in [0.717, 1.165) is 30.4 Å². The molecule has 1 saturated heterocycles. The molecular weight excluding hydrogens is 368 g/mol. The number of hydrogen-bond acceptors (Lipinski definition) is 5. The molecule has 0 saturated carbocycles. The number of nitrogens with one attached hydrogen (secondary N) is 2. The van der Waals surface area contributed by atoms with E-state index in [9.17, 15) is 0 Å². The van der Waals surface area contributed by atoms with Crippen molar-refractivity contribution in [2.45, 2.75) is 39.2 Å². The molecule has 0 radical (unpaired) electrons. The summed E-state index contributed by atoms with van der Waals surface area (Å²) in [6.45, 7) is 7.60. The third-order valence-electron chi connectivity index (χ3n) is 5.48. The first-order chi connectivity index (χ1) is 14.1. The van der Waals surface area contributed by atoms with Gasteiger partial charge in [0.05, 0.1) is 21.3 Å². The number of methoxy groups -OCH3 is 3. The second-order valence-electron chi connectivity index (χ2n) is 7.62. The van der Waals surface area contributed by atoms with Crippen LogP contribution in [0.15, 0.2) is 17.1 Å². The van der Waals surface area contributed by atoms with E-state index >= 15 is 0 Å². The fraction of sp³-hybridized carbons (Fsp3) is 0.682. The number of unbranched alkanes of at least 4 members (excludes halogenated alkanes) is 1. The van der Waals surface area contributed by atoms with Gasteiger partial charge in [0, 0.05) is 20.1 Å². The maximum atomic E-state index is 5.42. The van der Waals surface area contributed by atoms with Crippen LogP contribution in [0.25, 0.3) is 0 Å². The van der Waals surface area contributed by atoms with Crippen molar-refractivity contribution in [3.63, 3.8) is 0 Å². The van der Waals surface area contributed by atoms with Crippen LogP contribution < -0.4 is 24.8 Å². The molecule has 1 aliphatic heterocycles. The van der Waals surface area contributed by atoms with Crippen molar-refractivity contribution in [2.24, 2.45) is 10.9 Å². The summed E-state index contributed by atoms with van der Waals surface area (Å²) in [5.74, 6) is 3.60. The topological polar surface area (TPSA) is 67.4 Å². The summed E-state index contributed by atoms with van der Waals surface area (Å²) >= 11 is 0. The van der Waals surface area contributed by atoms with Crippen LogP contribution in [0.1, 0.15) is 38.2 Å². The second-order valence-corrected chi connectivity index (χ2v) is 7.62. The van der Waals surface area contributed by atoms with E-state index in [2.05, 4.69) is 27.4 Å². The molecule has 1 aromatic carbocycles. The molecule has 0 atom stereocenters. The van der Waals surface area contributed by atoms with Crippen LogP contribution >= 0.6 is 0 Å². The summed E-state index contributed by atoms with van der Waals surface area (Å²) in [5.41, 5.74) is 1.03. The van der Waals surface area contributed by atoms with Crippen molar-refractivity contribution in [3.05, 3.63) is 17.7 Å². The predicted octanol–water partition coefficient (Wildman–Crippen LogP) is 2.89. The van der Waals surface area contributed by atoms with Crippen LogP contribution in [0.4, 0.5) is 0 Å². The number of piperidine rings is 1. The Morgan fingerprint density at radius 1 is 1.03 bits per heavy atom. The van der Waals surface area contributed by atoms with Gasteiger partial charge in [-0.1, -0.05) is 6.92 Å². The Hall–Kier alpha value is -2.15. The van der Waals surface area contributed by atoms with E-state index in [-0.39, 0.29) is 0 Å². The van der Waals surface area contributed by atoms with Gasteiger partial charge < -0.3 is 29.7 Å². The van der Waals surface area contributed by atoms with Gasteiger partial charge in [-0.05, 0) is 68.9 Å². The molecule has 2 rings (SSSR count). The fourth-order valence-electron chi connectivity index (χ4n) is 3.60. The maximum Gasteiger partial charge on any atom is 0.203 e. The van der Waals surface area contributed by atoms with Crippen LogP contribution in [0.3, 0.4) is 0 Å². The highest BCUT2D eigenvalue weighted by atomic mass is 16.5. The van der Waals surface area contributed by atoms with E-state index in [0.29, 0.717) is 23.8 Å². The van der Waals surface area contributed by atoms with Crippen LogP contribution in [-0.4, -0.2) is 65.4 Å². The lowest BCUT2D eigenvalue weighted by molar-refractivity contribution is 0.189. The maximum absolute atomic E-state index is 5.42. The summed E-state index contributed by atoms with van der Waals surface area (Å²) in [7, 11) is 6.65. The summed E-state index contributed by atoms with van der Waals surface area (Å²) in [4.78, 5) is 6.91. The first kappa shape index (κ1) is 23.1. The first-order valence-corrected chi connectivity index (χ1v) is 10.6. The second kappa shape index (κ2) is 12.4. The van der Waals surface area contributed by atoms with Gasteiger partial charge in [0.25, 0.3) is 0 Å². The monoisotopic (exact) mass is 406 g/mol. The number of nitrogens with zero attached hydrogens (tertiary/aromatic N) is 2. The van der Waals surface area contributed by atoms with Gasteiger partial charge >= 0.3 is 0 Å². The number of rotatable bonds is 10.